The number of hydrogen-bond donors (Lipinski definition) is 0. The average molecular weight is 294 g/mol. The zero-order valence-corrected chi connectivity index (χ0v) is 12.7. The Bertz CT molecular complexity index is 381. The van der Waals surface area contributed by atoms with Gasteiger partial charge in [0.15, 0.2) is 0 Å². The number of rotatable bonds is 8. The molecule has 5 unspecified atom stereocenters. The summed E-state index contributed by atoms with van der Waals surface area (Å²) in [7, 11) is 0. The standard InChI is InChI=1S/C17H26O4/c1-2-17(18)21-9-7-19-6-8-20-16-11-12-10-15(16)14-5-3-4-13(12)14/h2,12-16H,1,3-11H2. The van der Waals surface area contributed by atoms with Crippen LogP contribution in [0.15, 0.2) is 12.7 Å². The second kappa shape index (κ2) is 6.93. The Hall–Kier alpha value is -0.870. The lowest BCUT2D eigenvalue weighted by atomic mass is 9.80. The lowest BCUT2D eigenvalue weighted by Crippen LogP contribution is -2.31. The molecule has 0 aromatic heterocycles. The van der Waals surface area contributed by atoms with Crippen LogP contribution >= 0.6 is 0 Å². The van der Waals surface area contributed by atoms with Gasteiger partial charge in [-0.15, -0.1) is 0 Å². The Morgan fingerprint density at radius 3 is 2.71 bits per heavy atom. The molecular formula is C17H26O4. The smallest absolute Gasteiger partial charge is 0.330 e. The van der Waals surface area contributed by atoms with Crippen LogP contribution in [0.1, 0.15) is 32.1 Å². The van der Waals surface area contributed by atoms with Gasteiger partial charge in [-0.3, -0.25) is 0 Å². The highest BCUT2D eigenvalue weighted by atomic mass is 16.6. The van der Waals surface area contributed by atoms with Crippen LogP contribution in [0.25, 0.3) is 0 Å². The fraction of sp³-hybridized carbons (Fsp3) is 0.824. The first-order valence-electron chi connectivity index (χ1n) is 8.28. The van der Waals surface area contributed by atoms with Gasteiger partial charge < -0.3 is 14.2 Å². The summed E-state index contributed by atoms with van der Waals surface area (Å²) in [5, 5.41) is 0. The van der Waals surface area contributed by atoms with Crippen LogP contribution in [0.2, 0.25) is 0 Å². The Morgan fingerprint density at radius 1 is 1.05 bits per heavy atom. The fourth-order valence-electron chi connectivity index (χ4n) is 4.82. The molecule has 5 atom stereocenters. The average Bonchev–Trinajstić information content (AvgIpc) is 3.18. The molecule has 0 aromatic carbocycles. The predicted molar refractivity (Wildman–Crippen MR) is 78.8 cm³/mol. The summed E-state index contributed by atoms with van der Waals surface area (Å²) >= 11 is 0. The predicted octanol–water partition coefficient (Wildman–Crippen LogP) is 2.57. The summed E-state index contributed by atoms with van der Waals surface area (Å²) in [6.45, 7) is 5.27. The van der Waals surface area contributed by atoms with E-state index in [2.05, 4.69) is 6.58 Å². The van der Waals surface area contributed by atoms with Crippen molar-refractivity contribution < 1.29 is 19.0 Å². The van der Waals surface area contributed by atoms with Crippen molar-refractivity contribution in [3.63, 3.8) is 0 Å². The van der Waals surface area contributed by atoms with Gasteiger partial charge in [-0.1, -0.05) is 13.0 Å². The number of esters is 1. The van der Waals surface area contributed by atoms with Crippen molar-refractivity contribution in [1.29, 1.82) is 0 Å². The van der Waals surface area contributed by atoms with Crippen molar-refractivity contribution in [2.45, 2.75) is 38.2 Å². The molecule has 4 nitrogen and oxygen atoms in total. The number of hydrogen-bond acceptors (Lipinski definition) is 4. The molecule has 0 saturated heterocycles. The van der Waals surface area contributed by atoms with Crippen molar-refractivity contribution in [3.8, 4) is 0 Å². The van der Waals surface area contributed by atoms with Crippen LogP contribution in [0.4, 0.5) is 0 Å². The third-order valence-electron chi connectivity index (χ3n) is 5.57. The minimum Gasteiger partial charge on any atom is -0.460 e. The SMILES string of the molecule is C=CC(=O)OCCOCCOC1CC2CC1C1CCCC21. The molecule has 118 valence electrons. The highest BCUT2D eigenvalue weighted by Gasteiger charge is 2.54. The zero-order valence-electron chi connectivity index (χ0n) is 12.7. The highest BCUT2D eigenvalue weighted by Crippen LogP contribution is 2.59. The summed E-state index contributed by atoms with van der Waals surface area (Å²) in [6.07, 6.45) is 8.62. The first-order chi connectivity index (χ1) is 10.3. The zero-order chi connectivity index (χ0) is 14.7. The van der Waals surface area contributed by atoms with Crippen LogP contribution in [-0.2, 0) is 19.0 Å². The van der Waals surface area contributed by atoms with Gasteiger partial charge in [-0.2, -0.15) is 0 Å². The number of fused-ring (bicyclic) bond motifs is 5. The quantitative estimate of drug-likeness (QED) is 0.392. The molecule has 4 heteroatoms. The van der Waals surface area contributed by atoms with Crippen molar-refractivity contribution >= 4 is 5.97 Å². The third-order valence-corrected chi connectivity index (χ3v) is 5.57. The van der Waals surface area contributed by atoms with Crippen molar-refractivity contribution in [3.05, 3.63) is 12.7 Å². The van der Waals surface area contributed by atoms with Crippen molar-refractivity contribution in [2.75, 3.05) is 26.4 Å². The van der Waals surface area contributed by atoms with E-state index < -0.39 is 5.97 Å². The van der Waals surface area contributed by atoms with Crippen LogP contribution < -0.4 is 0 Å². The van der Waals surface area contributed by atoms with Crippen LogP contribution in [-0.4, -0.2) is 38.5 Å². The molecule has 0 aromatic rings. The fourth-order valence-corrected chi connectivity index (χ4v) is 4.82. The molecule has 0 N–H and O–H groups in total. The van der Waals surface area contributed by atoms with Crippen molar-refractivity contribution in [1.82, 2.24) is 0 Å². The summed E-state index contributed by atoms with van der Waals surface area (Å²) in [4.78, 5) is 10.8. The Morgan fingerprint density at radius 2 is 1.86 bits per heavy atom. The van der Waals surface area contributed by atoms with E-state index >= 15 is 0 Å². The first-order valence-corrected chi connectivity index (χ1v) is 8.28. The second-order valence-corrected chi connectivity index (χ2v) is 6.55. The van der Waals surface area contributed by atoms with Gasteiger partial charge >= 0.3 is 5.97 Å². The molecule has 0 radical (unpaired) electrons. The Kier molecular flexibility index (Phi) is 4.96. The minimum atomic E-state index is -0.400. The summed E-state index contributed by atoms with van der Waals surface area (Å²) in [6, 6.07) is 0. The Balaban J connectivity index is 1.26. The molecule has 0 amide bonds. The van der Waals surface area contributed by atoms with Gasteiger partial charge in [0.25, 0.3) is 0 Å². The van der Waals surface area contributed by atoms with E-state index in [1.54, 1.807) is 0 Å². The van der Waals surface area contributed by atoms with E-state index in [1.165, 1.54) is 32.1 Å². The van der Waals surface area contributed by atoms with Gasteiger partial charge in [0.2, 0.25) is 0 Å². The molecule has 21 heavy (non-hydrogen) atoms. The maximum Gasteiger partial charge on any atom is 0.330 e. The molecule has 3 aliphatic carbocycles. The van der Waals surface area contributed by atoms with Gasteiger partial charge in [0, 0.05) is 6.08 Å². The first kappa shape index (κ1) is 15.0. The van der Waals surface area contributed by atoms with Crippen LogP contribution in [0, 0.1) is 23.7 Å². The normalized spacial score (nSPS) is 36.7. The molecule has 0 spiro atoms. The lowest BCUT2D eigenvalue weighted by Gasteiger charge is -2.31. The Labute approximate surface area is 126 Å². The van der Waals surface area contributed by atoms with E-state index in [1.807, 2.05) is 0 Å². The molecule has 3 aliphatic rings. The van der Waals surface area contributed by atoms with Gasteiger partial charge in [0.05, 0.1) is 25.9 Å². The number of carbonyl (C=O) groups excluding carboxylic acids is 1. The molecular weight excluding hydrogens is 268 g/mol. The highest BCUT2D eigenvalue weighted by molar-refractivity contribution is 5.81. The van der Waals surface area contributed by atoms with Gasteiger partial charge in [-0.25, -0.2) is 4.79 Å². The maximum atomic E-state index is 10.8. The number of carbonyl (C=O) groups is 1. The number of ether oxygens (including phenoxy) is 3. The maximum absolute atomic E-state index is 10.8. The molecule has 3 fully saturated rings. The van der Waals surface area contributed by atoms with Gasteiger partial charge in [0.1, 0.15) is 6.61 Å². The van der Waals surface area contributed by atoms with E-state index in [-0.39, 0.29) is 6.61 Å². The summed E-state index contributed by atoms with van der Waals surface area (Å²) in [5.74, 6) is 3.32. The topological polar surface area (TPSA) is 44.8 Å². The van der Waals surface area contributed by atoms with E-state index in [0.29, 0.717) is 25.9 Å². The molecule has 3 saturated carbocycles. The van der Waals surface area contributed by atoms with Crippen LogP contribution in [0.3, 0.4) is 0 Å². The largest absolute Gasteiger partial charge is 0.460 e. The molecule has 0 heterocycles. The third kappa shape index (κ3) is 3.32. The van der Waals surface area contributed by atoms with Crippen molar-refractivity contribution in [2.24, 2.45) is 23.7 Å². The van der Waals surface area contributed by atoms with Crippen LogP contribution in [0.5, 0.6) is 0 Å². The molecule has 0 aliphatic heterocycles. The summed E-state index contributed by atoms with van der Waals surface area (Å²) < 4.78 is 16.3. The molecule has 2 bridgehead atoms. The minimum absolute atomic E-state index is 0.280. The molecule has 3 rings (SSSR count). The van der Waals surface area contributed by atoms with E-state index in [4.69, 9.17) is 14.2 Å². The summed E-state index contributed by atoms with van der Waals surface area (Å²) in [5.41, 5.74) is 0. The monoisotopic (exact) mass is 294 g/mol. The van der Waals surface area contributed by atoms with Gasteiger partial charge in [-0.05, 0) is 49.4 Å². The second-order valence-electron chi connectivity index (χ2n) is 6.55. The van der Waals surface area contributed by atoms with E-state index in [9.17, 15) is 4.79 Å². The van der Waals surface area contributed by atoms with E-state index in [0.717, 1.165) is 29.7 Å². The lowest BCUT2D eigenvalue weighted by molar-refractivity contribution is -0.139.